The molecule has 0 radical (unpaired) electrons. The van der Waals surface area contributed by atoms with Crippen LogP contribution in [0, 0.1) is 0 Å². The molecule has 2 aromatic heterocycles. The van der Waals surface area contributed by atoms with Crippen molar-refractivity contribution in [1.29, 1.82) is 0 Å². The second kappa shape index (κ2) is 7.55. The molecule has 0 spiro atoms. The Morgan fingerprint density at radius 3 is 2.71 bits per heavy atom. The molecule has 4 aromatic rings. The van der Waals surface area contributed by atoms with Crippen LogP contribution in [0.4, 0.5) is 0 Å². The summed E-state index contributed by atoms with van der Waals surface area (Å²) in [5, 5.41) is 12.2. The van der Waals surface area contributed by atoms with Crippen molar-refractivity contribution in [3.8, 4) is 11.5 Å². The van der Waals surface area contributed by atoms with E-state index in [0.717, 1.165) is 16.5 Å². The number of nitrogens with zero attached hydrogens (tertiary/aromatic N) is 2. The summed E-state index contributed by atoms with van der Waals surface area (Å²) in [7, 11) is 1.91. The number of aryl methyl sites for hydroxylation is 1. The Kier molecular flexibility index (Phi) is 4.48. The fourth-order valence-electron chi connectivity index (χ4n) is 4.73. The van der Waals surface area contributed by atoms with Gasteiger partial charge < -0.3 is 28.5 Å². The largest absolute Gasteiger partial charge is 0.507 e. The Morgan fingerprint density at radius 1 is 1.06 bits per heavy atom. The highest BCUT2D eigenvalue weighted by Gasteiger charge is 2.47. The number of carbonyl (C=O) groups excluding carboxylic acids is 2. The Morgan fingerprint density at radius 2 is 1.88 bits per heavy atom. The number of ether oxygens (including phenoxy) is 2. The Bertz CT molecular complexity index is 1480. The molecule has 2 aromatic carbocycles. The van der Waals surface area contributed by atoms with E-state index < -0.39 is 17.7 Å². The van der Waals surface area contributed by atoms with E-state index >= 15 is 0 Å². The van der Waals surface area contributed by atoms with Gasteiger partial charge in [0.15, 0.2) is 11.5 Å². The number of hydrogen-bond acceptors (Lipinski definition) is 6. The Labute approximate surface area is 194 Å². The molecule has 8 heteroatoms. The van der Waals surface area contributed by atoms with Gasteiger partial charge in [0.25, 0.3) is 11.7 Å². The Balaban J connectivity index is 1.56. The third kappa shape index (κ3) is 2.99. The predicted octanol–water partition coefficient (Wildman–Crippen LogP) is 4.12. The summed E-state index contributed by atoms with van der Waals surface area (Å²) in [5.41, 5.74) is 2.08. The number of amides is 1. The molecule has 170 valence electrons. The molecule has 1 fully saturated rings. The van der Waals surface area contributed by atoms with Crippen molar-refractivity contribution in [2.75, 3.05) is 6.79 Å². The molecule has 0 bridgehead atoms. The summed E-state index contributed by atoms with van der Waals surface area (Å²) in [5.74, 6) is -0.154. The van der Waals surface area contributed by atoms with Gasteiger partial charge >= 0.3 is 0 Å². The monoisotopic (exact) mass is 456 g/mol. The third-order valence-corrected chi connectivity index (χ3v) is 6.31. The predicted molar refractivity (Wildman–Crippen MR) is 122 cm³/mol. The van der Waals surface area contributed by atoms with Crippen LogP contribution in [0.2, 0.25) is 0 Å². The smallest absolute Gasteiger partial charge is 0.296 e. The minimum absolute atomic E-state index is 0.0202. The summed E-state index contributed by atoms with van der Waals surface area (Å²) >= 11 is 0. The van der Waals surface area contributed by atoms with Gasteiger partial charge in [-0.25, -0.2) is 0 Å². The number of aliphatic hydroxyl groups is 1. The van der Waals surface area contributed by atoms with Crippen LogP contribution >= 0.6 is 0 Å². The summed E-state index contributed by atoms with van der Waals surface area (Å²) < 4.78 is 18.2. The van der Waals surface area contributed by atoms with Crippen LogP contribution < -0.4 is 9.47 Å². The van der Waals surface area contributed by atoms with E-state index in [0.29, 0.717) is 22.8 Å². The average Bonchev–Trinajstić information content (AvgIpc) is 3.63. The van der Waals surface area contributed by atoms with Crippen molar-refractivity contribution < 1.29 is 28.6 Å². The number of para-hydroxylation sites is 1. The number of Topliss-reactive ketones (excluding diaryl/α,β-unsaturated/α-hetero) is 1. The first kappa shape index (κ1) is 20.2. The zero-order chi connectivity index (χ0) is 23.4. The van der Waals surface area contributed by atoms with E-state index in [1.165, 1.54) is 11.2 Å². The summed E-state index contributed by atoms with van der Waals surface area (Å²) in [6, 6.07) is 15.3. The van der Waals surface area contributed by atoms with Gasteiger partial charge in [-0.05, 0) is 36.4 Å². The highest BCUT2D eigenvalue weighted by molar-refractivity contribution is 6.46. The van der Waals surface area contributed by atoms with E-state index in [1.54, 1.807) is 30.3 Å². The van der Waals surface area contributed by atoms with Crippen LogP contribution in [0.25, 0.3) is 16.7 Å². The molecule has 4 heterocycles. The van der Waals surface area contributed by atoms with Crippen LogP contribution in [0.1, 0.15) is 22.9 Å². The number of aliphatic hydroxyl groups excluding tert-OH is 1. The molecule has 6 rings (SSSR count). The van der Waals surface area contributed by atoms with Crippen molar-refractivity contribution in [1.82, 2.24) is 9.47 Å². The van der Waals surface area contributed by atoms with Crippen LogP contribution in [-0.4, -0.2) is 33.1 Å². The van der Waals surface area contributed by atoms with E-state index in [1.807, 2.05) is 42.1 Å². The number of furan rings is 1. The van der Waals surface area contributed by atoms with Gasteiger partial charge in [0.2, 0.25) is 6.79 Å². The van der Waals surface area contributed by atoms with Gasteiger partial charge in [-0.1, -0.05) is 18.2 Å². The molecule has 1 amide bonds. The minimum Gasteiger partial charge on any atom is -0.507 e. The zero-order valence-corrected chi connectivity index (χ0v) is 18.2. The van der Waals surface area contributed by atoms with Gasteiger partial charge in [-0.15, -0.1) is 0 Å². The topological polar surface area (TPSA) is 94.1 Å². The highest BCUT2D eigenvalue weighted by Crippen LogP contribution is 2.44. The molecule has 0 aliphatic carbocycles. The van der Waals surface area contributed by atoms with Gasteiger partial charge in [0.05, 0.1) is 24.4 Å². The van der Waals surface area contributed by atoms with Gasteiger partial charge in [-0.3, -0.25) is 9.59 Å². The molecule has 1 atom stereocenters. The van der Waals surface area contributed by atoms with Crippen LogP contribution in [0.3, 0.4) is 0 Å². The van der Waals surface area contributed by atoms with E-state index in [4.69, 9.17) is 13.9 Å². The van der Waals surface area contributed by atoms with Crippen molar-refractivity contribution in [2.24, 2.45) is 7.05 Å². The minimum atomic E-state index is -0.804. The van der Waals surface area contributed by atoms with E-state index in [9.17, 15) is 14.7 Å². The van der Waals surface area contributed by atoms with Crippen LogP contribution in [-0.2, 0) is 23.2 Å². The fourth-order valence-corrected chi connectivity index (χ4v) is 4.73. The Hall–Kier alpha value is -4.46. The maximum Gasteiger partial charge on any atom is 0.296 e. The molecular formula is C26H20N2O6. The van der Waals surface area contributed by atoms with E-state index in [2.05, 4.69) is 0 Å². The van der Waals surface area contributed by atoms with Crippen LogP contribution in [0.5, 0.6) is 11.5 Å². The molecule has 1 unspecified atom stereocenters. The number of fused-ring (bicyclic) bond motifs is 2. The van der Waals surface area contributed by atoms with Crippen molar-refractivity contribution >= 4 is 28.4 Å². The molecule has 2 aliphatic heterocycles. The average molecular weight is 456 g/mol. The standard InChI is InChI=1S/C26H20N2O6/c1-27-13-18(17-6-2-3-7-19(17)27)23-22(24(29)15-8-9-20-21(11-15)34-14-33-20)25(30)26(31)28(23)12-16-5-4-10-32-16/h2-11,13,23,29H,12,14H2,1H3/b24-22+. The molecule has 1 N–H and O–H groups in total. The molecule has 8 nitrogen and oxygen atoms in total. The first-order valence-corrected chi connectivity index (χ1v) is 10.8. The number of carbonyl (C=O) groups is 2. The molecule has 1 saturated heterocycles. The lowest BCUT2D eigenvalue weighted by molar-refractivity contribution is -0.140. The van der Waals surface area contributed by atoms with Gasteiger partial charge in [-0.2, -0.15) is 0 Å². The van der Waals surface area contributed by atoms with Gasteiger partial charge in [0, 0.05) is 35.3 Å². The first-order chi connectivity index (χ1) is 16.5. The second-order valence-corrected chi connectivity index (χ2v) is 8.29. The van der Waals surface area contributed by atoms with Crippen LogP contribution in [0.15, 0.2) is 77.0 Å². The van der Waals surface area contributed by atoms with E-state index in [-0.39, 0.29) is 24.7 Å². The summed E-state index contributed by atoms with van der Waals surface area (Å²) in [4.78, 5) is 28.0. The maximum atomic E-state index is 13.3. The number of ketones is 1. The quantitative estimate of drug-likeness (QED) is 0.282. The first-order valence-electron chi connectivity index (χ1n) is 10.8. The number of hydrogen-bond donors (Lipinski definition) is 1. The van der Waals surface area contributed by atoms with Gasteiger partial charge in [0.1, 0.15) is 11.5 Å². The van der Waals surface area contributed by atoms with Crippen molar-refractivity contribution in [3.05, 3.63) is 89.5 Å². The number of benzene rings is 2. The van der Waals surface area contributed by atoms with Crippen molar-refractivity contribution in [3.63, 3.8) is 0 Å². The zero-order valence-electron chi connectivity index (χ0n) is 18.2. The fraction of sp³-hybridized carbons (Fsp3) is 0.154. The number of rotatable bonds is 4. The number of aromatic nitrogens is 1. The maximum absolute atomic E-state index is 13.3. The van der Waals surface area contributed by atoms with Crippen molar-refractivity contribution in [2.45, 2.75) is 12.6 Å². The second-order valence-electron chi connectivity index (χ2n) is 8.29. The summed E-state index contributed by atoms with van der Waals surface area (Å²) in [6.07, 6.45) is 3.41. The molecule has 2 aliphatic rings. The molecule has 0 saturated carbocycles. The highest BCUT2D eigenvalue weighted by atomic mass is 16.7. The lowest BCUT2D eigenvalue weighted by atomic mass is 9.95. The number of likely N-dealkylation sites (tertiary alicyclic amines) is 1. The molecule has 34 heavy (non-hydrogen) atoms. The lowest BCUT2D eigenvalue weighted by Gasteiger charge is -2.24. The normalized spacial score (nSPS) is 18.9. The third-order valence-electron chi connectivity index (χ3n) is 6.31. The SMILES string of the molecule is Cn1cc(C2/C(=C(\O)c3ccc4c(c3)OCO4)C(=O)C(=O)N2Cc2ccco2)c2ccccc21. The molecular weight excluding hydrogens is 436 g/mol. The lowest BCUT2D eigenvalue weighted by Crippen LogP contribution is -2.29. The summed E-state index contributed by atoms with van der Waals surface area (Å²) in [6.45, 7) is 0.173.